The molecule has 0 saturated heterocycles. The minimum atomic E-state index is -0.535. The summed E-state index contributed by atoms with van der Waals surface area (Å²) in [5.74, 6) is -0.137. The van der Waals surface area contributed by atoms with Gasteiger partial charge in [-0.2, -0.15) is 0 Å². The Morgan fingerprint density at radius 2 is 1.95 bits per heavy atom. The van der Waals surface area contributed by atoms with Crippen LogP contribution in [-0.2, 0) is 9.53 Å². The summed E-state index contributed by atoms with van der Waals surface area (Å²) in [6.45, 7) is 9.70. The molecule has 1 fully saturated rings. The fraction of sp³-hybridized carbons (Fsp3) is 0.938. The zero-order valence-corrected chi connectivity index (χ0v) is 14.1. The molecule has 0 spiro atoms. The first-order valence-electron chi connectivity index (χ1n) is 7.82. The van der Waals surface area contributed by atoms with Crippen LogP contribution in [0.4, 0.5) is 0 Å². The smallest absolute Gasteiger partial charge is 0.325 e. The molecule has 1 atom stereocenters. The van der Waals surface area contributed by atoms with Crippen molar-refractivity contribution in [2.45, 2.75) is 76.9 Å². The van der Waals surface area contributed by atoms with Crippen LogP contribution < -0.4 is 5.32 Å². The van der Waals surface area contributed by atoms with Gasteiger partial charge >= 0.3 is 5.97 Å². The summed E-state index contributed by atoms with van der Waals surface area (Å²) in [5.41, 5.74) is -0.321. The zero-order valence-electron chi connectivity index (χ0n) is 14.1. The number of hydrogen-bond acceptors (Lipinski definition) is 4. The van der Waals surface area contributed by atoms with E-state index in [4.69, 9.17) is 4.74 Å². The van der Waals surface area contributed by atoms with Gasteiger partial charge in [0, 0.05) is 11.6 Å². The van der Waals surface area contributed by atoms with Crippen molar-refractivity contribution in [2.75, 3.05) is 20.7 Å². The number of methoxy groups -OCH3 is 1. The van der Waals surface area contributed by atoms with Crippen LogP contribution in [-0.4, -0.2) is 48.7 Å². The molecule has 1 unspecified atom stereocenters. The molecule has 0 amide bonds. The Morgan fingerprint density at radius 3 is 2.40 bits per heavy atom. The monoisotopic (exact) mass is 284 g/mol. The number of hydrogen-bond donors (Lipinski definition) is 1. The van der Waals surface area contributed by atoms with Gasteiger partial charge in [0.2, 0.25) is 0 Å². The summed E-state index contributed by atoms with van der Waals surface area (Å²) in [6.07, 6.45) is 5.29. The molecule has 1 saturated carbocycles. The summed E-state index contributed by atoms with van der Waals surface area (Å²) >= 11 is 0. The zero-order chi connectivity index (χ0) is 15.4. The van der Waals surface area contributed by atoms with Gasteiger partial charge in [-0.3, -0.25) is 10.1 Å². The van der Waals surface area contributed by atoms with Crippen LogP contribution in [0.15, 0.2) is 0 Å². The molecule has 1 N–H and O–H groups in total. The molecule has 0 aliphatic heterocycles. The van der Waals surface area contributed by atoms with E-state index in [2.05, 4.69) is 38.0 Å². The second kappa shape index (κ2) is 6.90. The topological polar surface area (TPSA) is 41.6 Å². The molecule has 1 aliphatic carbocycles. The molecule has 0 aromatic rings. The maximum atomic E-state index is 12.0. The van der Waals surface area contributed by atoms with E-state index in [1.165, 1.54) is 20.0 Å². The molecular weight excluding hydrogens is 252 g/mol. The third-order valence-electron chi connectivity index (χ3n) is 4.80. The van der Waals surface area contributed by atoms with Crippen molar-refractivity contribution in [3.05, 3.63) is 0 Å². The summed E-state index contributed by atoms with van der Waals surface area (Å²) in [7, 11) is 3.63. The molecule has 20 heavy (non-hydrogen) atoms. The number of carbonyl (C=O) groups is 1. The van der Waals surface area contributed by atoms with E-state index in [1.54, 1.807) is 0 Å². The Hall–Kier alpha value is -0.610. The largest absolute Gasteiger partial charge is 0.468 e. The molecule has 1 rings (SSSR count). The average Bonchev–Trinajstić information content (AvgIpc) is 3.21. The number of nitrogens with one attached hydrogen (secondary N) is 1. The summed E-state index contributed by atoms with van der Waals surface area (Å²) in [6, 6.07) is 0.504. The fourth-order valence-corrected chi connectivity index (χ4v) is 2.38. The van der Waals surface area contributed by atoms with E-state index in [9.17, 15) is 4.79 Å². The summed E-state index contributed by atoms with van der Waals surface area (Å²) < 4.78 is 4.97. The Labute approximate surface area is 124 Å². The fourth-order valence-electron chi connectivity index (χ4n) is 2.38. The van der Waals surface area contributed by atoms with Crippen LogP contribution in [0.1, 0.15) is 59.8 Å². The molecule has 0 heterocycles. The van der Waals surface area contributed by atoms with E-state index in [0.29, 0.717) is 6.04 Å². The molecule has 118 valence electrons. The van der Waals surface area contributed by atoms with E-state index >= 15 is 0 Å². The van der Waals surface area contributed by atoms with Gasteiger partial charge in [-0.15, -0.1) is 0 Å². The lowest BCUT2D eigenvalue weighted by molar-refractivity contribution is -0.148. The molecule has 0 bridgehead atoms. The van der Waals surface area contributed by atoms with Crippen molar-refractivity contribution in [3.8, 4) is 0 Å². The van der Waals surface area contributed by atoms with Crippen molar-refractivity contribution in [1.29, 1.82) is 0 Å². The van der Waals surface area contributed by atoms with Gasteiger partial charge in [0.25, 0.3) is 0 Å². The summed E-state index contributed by atoms with van der Waals surface area (Å²) in [4.78, 5) is 14.4. The number of carbonyl (C=O) groups excluding carboxylic acids is 1. The van der Waals surface area contributed by atoms with Gasteiger partial charge in [0.05, 0.1) is 7.11 Å². The predicted molar refractivity (Wildman–Crippen MR) is 82.8 cm³/mol. The Kier molecular flexibility index (Phi) is 6.02. The van der Waals surface area contributed by atoms with Gasteiger partial charge < -0.3 is 9.64 Å². The highest BCUT2D eigenvalue weighted by molar-refractivity contribution is 5.80. The summed E-state index contributed by atoms with van der Waals surface area (Å²) in [5, 5.41) is 3.45. The SMILES string of the molecule is CCC(C)(C)N(C)CCCC(C)(NC1CC1)C(=O)OC. The van der Waals surface area contributed by atoms with Gasteiger partial charge in [-0.1, -0.05) is 6.92 Å². The second-order valence-electron chi connectivity index (χ2n) is 6.93. The molecule has 0 aromatic carbocycles. The standard InChI is InChI=1S/C16H32N2O2/c1-7-15(2,3)18(5)12-8-11-16(4,14(19)20-6)17-13-9-10-13/h13,17H,7-12H2,1-6H3. The predicted octanol–water partition coefficient (Wildman–Crippen LogP) is 2.57. The molecule has 4 nitrogen and oxygen atoms in total. The molecule has 0 radical (unpaired) electrons. The molecular formula is C16H32N2O2. The third kappa shape index (κ3) is 4.74. The first kappa shape index (κ1) is 17.4. The third-order valence-corrected chi connectivity index (χ3v) is 4.80. The molecule has 4 heteroatoms. The highest BCUT2D eigenvalue weighted by atomic mass is 16.5. The number of rotatable bonds is 9. The van der Waals surface area contributed by atoms with Crippen LogP contribution in [0.2, 0.25) is 0 Å². The van der Waals surface area contributed by atoms with Crippen LogP contribution in [0.5, 0.6) is 0 Å². The van der Waals surface area contributed by atoms with Gasteiger partial charge in [-0.25, -0.2) is 0 Å². The molecule has 0 aromatic heterocycles. The van der Waals surface area contributed by atoms with Gasteiger partial charge in [0.1, 0.15) is 5.54 Å². The van der Waals surface area contributed by atoms with Crippen molar-refractivity contribution >= 4 is 5.97 Å². The number of ether oxygens (including phenoxy) is 1. The lowest BCUT2D eigenvalue weighted by Gasteiger charge is -2.36. The number of nitrogens with zero attached hydrogens (tertiary/aromatic N) is 1. The Balaban J connectivity index is 2.48. The van der Waals surface area contributed by atoms with Crippen LogP contribution in [0.3, 0.4) is 0 Å². The minimum absolute atomic E-state index is 0.137. The van der Waals surface area contributed by atoms with E-state index in [1.807, 2.05) is 6.92 Å². The highest BCUT2D eigenvalue weighted by Gasteiger charge is 2.39. The van der Waals surface area contributed by atoms with E-state index in [0.717, 1.165) is 25.8 Å². The Morgan fingerprint density at radius 1 is 1.35 bits per heavy atom. The van der Waals surface area contributed by atoms with Crippen molar-refractivity contribution in [2.24, 2.45) is 0 Å². The normalized spacial score (nSPS) is 18.9. The quantitative estimate of drug-likeness (QED) is 0.661. The minimum Gasteiger partial charge on any atom is -0.468 e. The van der Waals surface area contributed by atoms with Crippen molar-refractivity contribution < 1.29 is 9.53 Å². The Bertz CT molecular complexity index is 326. The maximum Gasteiger partial charge on any atom is 0.325 e. The molecule has 1 aliphatic rings. The lowest BCUT2D eigenvalue weighted by Crippen LogP contribution is -2.51. The average molecular weight is 284 g/mol. The van der Waals surface area contributed by atoms with Crippen molar-refractivity contribution in [3.63, 3.8) is 0 Å². The highest BCUT2D eigenvalue weighted by Crippen LogP contribution is 2.26. The van der Waals surface area contributed by atoms with Crippen LogP contribution in [0, 0.1) is 0 Å². The second-order valence-corrected chi connectivity index (χ2v) is 6.93. The van der Waals surface area contributed by atoms with Crippen LogP contribution in [0.25, 0.3) is 0 Å². The van der Waals surface area contributed by atoms with Crippen molar-refractivity contribution in [1.82, 2.24) is 10.2 Å². The lowest BCUT2D eigenvalue weighted by atomic mass is 9.94. The first-order valence-corrected chi connectivity index (χ1v) is 7.82. The van der Waals surface area contributed by atoms with E-state index in [-0.39, 0.29) is 11.5 Å². The first-order chi connectivity index (χ1) is 9.25. The number of esters is 1. The van der Waals surface area contributed by atoms with Gasteiger partial charge in [0.15, 0.2) is 0 Å². The van der Waals surface area contributed by atoms with E-state index < -0.39 is 5.54 Å². The van der Waals surface area contributed by atoms with Gasteiger partial charge in [-0.05, 0) is 66.5 Å². The van der Waals surface area contributed by atoms with Crippen LogP contribution >= 0.6 is 0 Å². The maximum absolute atomic E-state index is 12.0.